The van der Waals surface area contributed by atoms with E-state index in [0.29, 0.717) is 17.6 Å². The van der Waals surface area contributed by atoms with Crippen LogP contribution in [0.25, 0.3) is 0 Å². The maximum Gasteiger partial charge on any atom is 0.322 e. The summed E-state index contributed by atoms with van der Waals surface area (Å²) in [6.07, 6.45) is 2.13. The molecule has 1 unspecified atom stereocenters. The fourth-order valence-corrected chi connectivity index (χ4v) is 2.40. The molecule has 1 aliphatic carbocycles. The van der Waals surface area contributed by atoms with E-state index >= 15 is 0 Å². The molecular weight excluding hydrogens is 282 g/mol. The molecule has 110 valence electrons. The molecule has 2 rings (SSSR count). The third kappa shape index (κ3) is 4.22. The number of carbonyl (C=O) groups is 2. The van der Waals surface area contributed by atoms with Crippen molar-refractivity contribution in [2.45, 2.75) is 25.7 Å². The summed E-state index contributed by atoms with van der Waals surface area (Å²) < 4.78 is 9.93. The molecule has 0 aliphatic heterocycles. The van der Waals surface area contributed by atoms with Gasteiger partial charge in [0, 0.05) is 11.7 Å². The number of aromatic nitrogens is 2. The molecule has 0 radical (unpaired) electrons. The molecule has 1 aliphatic rings. The summed E-state index contributed by atoms with van der Waals surface area (Å²) >= 11 is 1.36. The average molecular weight is 299 g/mol. The number of esters is 1. The summed E-state index contributed by atoms with van der Waals surface area (Å²) in [5, 5.41) is 10.2. The molecule has 1 amide bonds. The highest BCUT2D eigenvalue weighted by atomic mass is 32.2. The highest BCUT2D eigenvalue weighted by Gasteiger charge is 2.29. The zero-order valence-corrected chi connectivity index (χ0v) is 12.2. The van der Waals surface area contributed by atoms with Crippen LogP contribution in [-0.4, -0.2) is 40.7 Å². The van der Waals surface area contributed by atoms with Gasteiger partial charge >= 0.3 is 12.0 Å². The van der Waals surface area contributed by atoms with Gasteiger partial charge in [-0.05, 0) is 12.8 Å². The second kappa shape index (κ2) is 6.74. The molecular formula is C12H17N3O4S. The van der Waals surface area contributed by atoms with Crippen molar-refractivity contribution in [2.75, 3.05) is 23.9 Å². The van der Waals surface area contributed by atoms with Crippen molar-refractivity contribution in [3.8, 4) is 0 Å². The number of ether oxygens (including phenoxy) is 1. The number of anilines is 1. The van der Waals surface area contributed by atoms with E-state index in [0.717, 1.165) is 12.8 Å². The lowest BCUT2D eigenvalue weighted by Gasteiger charge is -2.07. The van der Waals surface area contributed by atoms with E-state index < -0.39 is 0 Å². The summed E-state index contributed by atoms with van der Waals surface area (Å²) in [6.45, 7) is 1.76. The first-order valence-corrected chi connectivity index (χ1v) is 7.54. The first-order chi connectivity index (χ1) is 9.60. The number of carbonyl (C=O) groups excluding carboxylic acids is 2. The van der Waals surface area contributed by atoms with Gasteiger partial charge in [0.15, 0.2) is 0 Å². The lowest BCUT2D eigenvalue weighted by molar-refractivity contribution is -0.144. The number of amides is 1. The highest BCUT2D eigenvalue weighted by Crippen LogP contribution is 2.39. The monoisotopic (exact) mass is 299 g/mol. The van der Waals surface area contributed by atoms with E-state index in [-0.39, 0.29) is 29.6 Å². The van der Waals surface area contributed by atoms with Crippen molar-refractivity contribution < 1.29 is 18.7 Å². The topological polar surface area (TPSA) is 94.3 Å². The summed E-state index contributed by atoms with van der Waals surface area (Å²) in [6, 6.07) is 0.138. The van der Waals surface area contributed by atoms with Crippen LogP contribution in [0.2, 0.25) is 0 Å². The van der Waals surface area contributed by atoms with Crippen LogP contribution in [0.4, 0.5) is 6.01 Å². The van der Waals surface area contributed by atoms with E-state index in [1.165, 1.54) is 18.9 Å². The highest BCUT2D eigenvalue weighted by molar-refractivity contribution is 8.00. The minimum absolute atomic E-state index is 0.138. The van der Waals surface area contributed by atoms with Crippen molar-refractivity contribution >= 4 is 29.7 Å². The summed E-state index contributed by atoms with van der Waals surface area (Å²) in [5.41, 5.74) is 0. The molecule has 1 heterocycles. The van der Waals surface area contributed by atoms with Gasteiger partial charge in [-0.1, -0.05) is 12.0 Å². The summed E-state index contributed by atoms with van der Waals surface area (Å²) in [4.78, 5) is 22.8. The Bertz CT molecular complexity index is 487. The Hall–Kier alpha value is -1.57. The zero-order chi connectivity index (χ0) is 14.5. The van der Waals surface area contributed by atoms with E-state index in [1.54, 1.807) is 6.92 Å². The first-order valence-electron chi connectivity index (χ1n) is 6.39. The minimum atomic E-state index is -0.274. The maximum atomic E-state index is 11.7. The number of thioether (sulfide) groups is 1. The molecule has 20 heavy (non-hydrogen) atoms. The van der Waals surface area contributed by atoms with Gasteiger partial charge in [-0.2, -0.15) is 11.8 Å². The van der Waals surface area contributed by atoms with Crippen LogP contribution in [0, 0.1) is 5.92 Å². The van der Waals surface area contributed by atoms with Crippen molar-refractivity contribution in [1.82, 2.24) is 10.2 Å². The van der Waals surface area contributed by atoms with Crippen LogP contribution in [0.5, 0.6) is 0 Å². The van der Waals surface area contributed by atoms with Crippen LogP contribution in [0.1, 0.15) is 31.6 Å². The Labute approximate surface area is 120 Å². The largest absolute Gasteiger partial charge is 0.469 e. The van der Waals surface area contributed by atoms with E-state index in [1.807, 2.05) is 0 Å². The van der Waals surface area contributed by atoms with E-state index in [4.69, 9.17) is 4.42 Å². The number of hydrogen-bond donors (Lipinski definition) is 1. The first kappa shape index (κ1) is 14.8. The second-order valence-electron chi connectivity index (χ2n) is 4.71. The standard InChI is InChI=1S/C12H17N3O4S/c1-7(11(17)18-2)5-20-6-9(16)13-12-15-14-10(19-12)8-3-4-8/h7-8H,3-6H2,1-2H3,(H,13,15,16). The van der Waals surface area contributed by atoms with Crippen LogP contribution in [0.15, 0.2) is 4.42 Å². The van der Waals surface area contributed by atoms with Crippen molar-refractivity contribution in [3.05, 3.63) is 5.89 Å². The lowest BCUT2D eigenvalue weighted by atomic mass is 10.2. The third-order valence-electron chi connectivity index (χ3n) is 2.82. The normalized spacial score (nSPS) is 15.7. The Balaban J connectivity index is 1.68. The van der Waals surface area contributed by atoms with Gasteiger partial charge in [-0.25, -0.2) is 0 Å². The molecule has 0 bridgehead atoms. The fraction of sp³-hybridized carbons (Fsp3) is 0.667. The predicted molar refractivity (Wildman–Crippen MR) is 73.4 cm³/mol. The molecule has 8 heteroatoms. The van der Waals surface area contributed by atoms with Crippen LogP contribution >= 0.6 is 11.8 Å². The second-order valence-corrected chi connectivity index (χ2v) is 5.74. The maximum absolute atomic E-state index is 11.7. The van der Waals surface area contributed by atoms with Crippen molar-refractivity contribution in [2.24, 2.45) is 5.92 Å². The number of hydrogen-bond acceptors (Lipinski definition) is 7. The van der Waals surface area contributed by atoms with Crippen LogP contribution in [0.3, 0.4) is 0 Å². The van der Waals surface area contributed by atoms with Crippen LogP contribution < -0.4 is 5.32 Å². The molecule has 1 N–H and O–H groups in total. The van der Waals surface area contributed by atoms with Crippen molar-refractivity contribution in [1.29, 1.82) is 0 Å². The quantitative estimate of drug-likeness (QED) is 0.761. The molecule has 1 fully saturated rings. The van der Waals surface area contributed by atoms with Gasteiger partial charge in [0.25, 0.3) is 0 Å². The summed E-state index contributed by atoms with van der Waals surface area (Å²) in [5.74, 6) is 0.972. The number of nitrogens with one attached hydrogen (secondary N) is 1. The average Bonchev–Trinajstić information content (AvgIpc) is 3.18. The van der Waals surface area contributed by atoms with Gasteiger partial charge in [0.05, 0.1) is 18.8 Å². The van der Waals surface area contributed by atoms with Gasteiger partial charge in [-0.3, -0.25) is 14.9 Å². The number of rotatable bonds is 7. The molecule has 7 nitrogen and oxygen atoms in total. The van der Waals surface area contributed by atoms with Gasteiger partial charge < -0.3 is 9.15 Å². The minimum Gasteiger partial charge on any atom is -0.469 e. The van der Waals surface area contributed by atoms with Gasteiger partial charge in [0.1, 0.15) is 0 Å². The molecule has 1 saturated carbocycles. The zero-order valence-electron chi connectivity index (χ0n) is 11.4. The van der Waals surface area contributed by atoms with Gasteiger partial charge in [0.2, 0.25) is 11.8 Å². The molecule has 0 spiro atoms. The molecule has 0 aromatic carbocycles. The Morgan fingerprint density at radius 3 is 2.90 bits per heavy atom. The Kier molecular flexibility index (Phi) is 4.99. The number of nitrogens with zero attached hydrogens (tertiary/aromatic N) is 2. The molecule has 1 atom stereocenters. The SMILES string of the molecule is COC(=O)C(C)CSCC(=O)Nc1nnc(C2CC2)o1. The Morgan fingerprint density at radius 2 is 2.25 bits per heavy atom. The summed E-state index contributed by atoms with van der Waals surface area (Å²) in [7, 11) is 1.35. The van der Waals surface area contributed by atoms with E-state index in [9.17, 15) is 9.59 Å². The van der Waals surface area contributed by atoms with E-state index in [2.05, 4.69) is 20.3 Å². The van der Waals surface area contributed by atoms with Crippen LogP contribution in [-0.2, 0) is 14.3 Å². The van der Waals surface area contributed by atoms with Gasteiger partial charge in [-0.15, -0.1) is 5.10 Å². The number of methoxy groups -OCH3 is 1. The fourth-order valence-electron chi connectivity index (χ4n) is 1.53. The lowest BCUT2D eigenvalue weighted by Crippen LogP contribution is -2.18. The van der Waals surface area contributed by atoms with Crippen molar-refractivity contribution in [3.63, 3.8) is 0 Å². The third-order valence-corrected chi connectivity index (χ3v) is 4.02. The molecule has 1 aromatic rings. The molecule has 0 saturated heterocycles. The predicted octanol–water partition coefficient (Wildman–Crippen LogP) is 1.43. The smallest absolute Gasteiger partial charge is 0.322 e. The Morgan fingerprint density at radius 1 is 1.50 bits per heavy atom. The molecule has 1 aromatic heterocycles.